The second-order valence-electron chi connectivity index (χ2n) is 8.66. The zero-order valence-corrected chi connectivity index (χ0v) is 17.7. The van der Waals surface area contributed by atoms with Gasteiger partial charge in [-0.1, -0.05) is 12.1 Å². The summed E-state index contributed by atoms with van der Waals surface area (Å²) in [7, 11) is 0. The largest absolute Gasteiger partial charge is 0.373 e. The first-order valence-electron chi connectivity index (χ1n) is 10.3. The molecule has 0 saturated carbocycles. The predicted molar refractivity (Wildman–Crippen MR) is 110 cm³/mol. The second-order valence-corrected chi connectivity index (χ2v) is 8.66. The summed E-state index contributed by atoms with van der Waals surface area (Å²) in [5, 5.41) is 3.01. The highest BCUT2D eigenvalue weighted by atomic mass is 16.5. The lowest BCUT2D eigenvalue weighted by molar-refractivity contribution is -0.123. The maximum absolute atomic E-state index is 12.4. The summed E-state index contributed by atoms with van der Waals surface area (Å²) in [6, 6.07) is 6.83. The van der Waals surface area contributed by atoms with Crippen molar-refractivity contribution < 1.29 is 19.1 Å². The number of hydrogen-bond donors (Lipinski definition) is 1. The maximum Gasteiger partial charge on any atom is 0.261 e. The summed E-state index contributed by atoms with van der Waals surface area (Å²) >= 11 is 0. The van der Waals surface area contributed by atoms with Crippen LogP contribution in [-0.4, -0.2) is 71.4 Å². The molecule has 0 bridgehead atoms. The van der Waals surface area contributed by atoms with Crippen molar-refractivity contribution in [3.05, 3.63) is 35.4 Å². The zero-order valence-electron chi connectivity index (χ0n) is 17.7. The van der Waals surface area contributed by atoms with E-state index in [0.29, 0.717) is 24.1 Å². The van der Waals surface area contributed by atoms with Gasteiger partial charge in [-0.15, -0.1) is 0 Å². The topological polar surface area (TPSA) is 79.0 Å². The molecule has 2 atom stereocenters. The molecule has 3 rings (SSSR count). The zero-order chi connectivity index (χ0) is 21.2. The number of imide groups is 1. The molecule has 1 aromatic carbocycles. The molecular weight excluding hydrogens is 370 g/mol. The van der Waals surface area contributed by atoms with Crippen molar-refractivity contribution in [2.45, 2.75) is 58.3 Å². The molecule has 0 radical (unpaired) electrons. The molecule has 0 unspecified atom stereocenters. The summed E-state index contributed by atoms with van der Waals surface area (Å²) in [4.78, 5) is 40.6. The summed E-state index contributed by atoms with van der Waals surface area (Å²) in [5.74, 6) is -0.616. The van der Waals surface area contributed by atoms with Crippen LogP contribution in [0.1, 0.15) is 61.3 Å². The molecule has 0 aromatic heterocycles. The molecule has 0 aliphatic carbocycles. The molecular formula is C22H31N3O4. The highest BCUT2D eigenvalue weighted by Crippen LogP contribution is 2.23. The van der Waals surface area contributed by atoms with E-state index in [9.17, 15) is 14.4 Å². The van der Waals surface area contributed by atoms with E-state index in [2.05, 4.69) is 37.9 Å². The quantitative estimate of drug-likeness (QED) is 0.708. The maximum atomic E-state index is 12.4. The number of carbonyl (C=O) groups is 3. The third-order valence-corrected chi connectivity index (χ3v) is 5.66. The lowest BCUT2D eigenvalue weighted by Crippen LogP contribution is -2.58. The Bertz CT molecular complexity index is 747. The van der Waals surface area contributed by atoms with E-state index in [-0.39, 0.29) is 48.4 Å². The Labute approximate surface area is 172 Å². The monoisotopic (exact) mass is 401 g/mol. The number of hydrogen-bond acceptors (Lipinski definition) is 5. The van der Waals surface area contributed by atoms with Gasteiger partial charge in [-0.25, -0.2) is 0 Å². The molecule has 7 nitrogen and oxygen atoms in total. The van der Waals surface area contributed by atoms with Crippen molar-refractivity contribution in [2.24, 2.45) is 0 Å². The molecule has 1 N–H and O–H groups in total. The number of nitrogens with zero attached hydrogens (tertiary/aromatic N) is 2. The van der Waals surface area contributed by atoms with E-state index in [1.165, 1.54) is 4.90 Å². The molecule has 2 aliphatic rings. The van der Waals surface area contributed by atoms with Gasteiger partial charge in [0.25, 0.3) is 11.8 Å². The molecule has 0 spiro atoms. The third kappa shape index (κ3) is 4.85. The van der Waals surface area contributed by atoms with Crippen LogP contribution in [0.3, 0.4) is 0 Å². The molecule has 29 heavy (non-hydrogen) atoms. The summed E-state index contributed by atoms with van der Waals surface area (Å²) in [5.41, 5.74) is 0.708. The standard InChI is InChI=1S/C22H31N3O4/c1-15-12-24(13-16(2)29-15)22(3,4)14-23-19(26)10-7-11-25-20(27)17-8-5-6-9-18(17)21(25)28/h5-6,8-9,15-16H,7,10-14H2,1-4H3,(H,23,26)/t15-,16-/m0/s1. The molecule has 2 heterocycles. The molecule has 2 aliphatic heterocycles. The van der Waals surface area contributed by atoms with Crippen LogP contribution in [0.15, 0.2) is 24.3 Å². The van der Waals surface area contributed by atoms with Gasteiger partial charge < -0.3 is 10.1 Å². The van der Waals surface area contributed by atoms with E-state index in [4.69, 9.17) is 4.74 Å². The Balaban J connectivity index is 1.44. The van der Waals surface area contributed by atoms with E-state index < -0.39 is 0 Å². The van der Waals surface area contributed by atoms with E-state index in [0.717, 1.165) is 13.1 Å². The minimum atomic E-state index is -0.275. The fourth-order valence-corrected chi connectivity index (χ4v) is 4.03. The average molecular weight is 402 g/mol. The minimum Gasteiger partial charge on any atom is -0.373 e. The molecule has 1 aromatic rings. The van der Waals surface area contributed by atoms with Crippen LogP contribution in [0.4, 0.5) is 0 Å². The lowest BCUT2D eigenvalue weighted by atomic mass is 10.00. The van der Waals surface area contributed by atoms with Gasteiger partial charge in [0.05, 0.1) is 23.3 Å². The number of morpholine rings is 1. The number of rotatable bonds is 7. The van der Waals surface area contributed by atoms with Crippen LogP contribution < -0.4 is 5.32 Å². The van der Waals surface area contributed by atoms with Crippen molar-refractivity contribution in [2.75, 3.05) is 26.2 Å². The van der Waals surface area contributed by atoms with Crippen molar-refractivity contribution in [1.82, 2.24) is 15.1 Å². The predicted octanol–water partition coefficient (Wildman–Crippen LogP) is 2.07. The van der Waals surface area contributed by atoms with Crippen LogP contribution in [0, 0.1) is 0 Å². The van der Waals surface area contributed by atoms with Crippen LogP contribution >= 0.6 is 0 Å². The van der Waals surface area contributed by atoms with Crippen LogP contribution in [-0.2, 0) is 9.53 Å². The highest BCUT2D eigenvalue weighted by Gasteiger charge is 2.35. The Kier molecular flexibility index (Phi) is 6.39. The number of benzene rings is 1. The van der Waals surface area contributed by atoms with Crippen LogP contribution in [0.25, 0.3) is 0 Å². The third-order valence-electron chi connectivity index (χ3n) is 5.66. The lowest BCUT2D eigenvalue weighted by Gasteiger charge is -2.45. The summed E-state index contributed by atoms with van der Waals surface area (Å²) in [6.45, 7) is 10.8. The first kappa shape index (κ1) is 21.5. The number of fused-ring (bicyclic) bond motifs is 1. The van der Waals surface area contributed by atoms with Crippen LogP contribution in [0.2, 0.25) is 0 Å². The highest BCUT2D eigenvalue weighted by molar-refractivity contribution is 6.21. The Hall–Kier alpha value is -2.25. The van der Waals surface area contributed by atoms with Gasteiger partial charge in [-0.05, 0) is 46.2 Å². The van der Waals surface area contributed by atoms with Gasteiger partial charge in [0.15, 0.2) is 0 Å². The molecule has 3 amide bonds. The van der Waals surface area contributed by atoms with Crippen LogP contribution in [0.5, 0.6) is 0 Å². The van der Waals surface area contributed by atoms with Gasteiger partial charge in [-0.2, -0.15) is 0 Å². The van der Waals surface area contributed by atoms with Crippen molar-refractivity contribution in [1.29, 1.82) is 0 Å². The SMILES string of the molecule is C[C@H]1CN(C(C)(C)CNC(=O)CCCN2C(=O)c3ccccc3C2=O)C[C@H](C)O1. The Morgan fingerprint density at radius 1 is 1.10 bits per heavy atom. The number of nitrogens with one attached hydrogen (secondary N) is 1. The second kappa shape index (κ2) is 8.63. The average Bonchev–Trinajstić information content (AvgIpc) is 2.91. The summed E-state index contributed by atoms with van der Waals surface area (Å²) < 4.78 is 5.79. The van der Waals surface area contributed by atoms with Crippen molar-refractivity contribution >= 4 is 17.7 Å². The van der Waals surface area contributed by atoms with E-state index in [1.807, 2.05) is 0 Å². The first-order valence-corrected chi connectivity index (χ1v) is 10.3. The Morgan fingerprint density at radius 2 is 1.66 bits per heavy atom. The smallest absolute Gasteiger partial charge is 0.261 e. The summed E-state index contributed by atoms with van der Waals surface area (Å²) in [6.07, 6.45) is 1.07. The van der Waals surface area contributed by atoms with Gasteiger partial charge in [0.1, 0.15) is 0 Å². The van der Waals surface area contributed by atoms with E-state index >= 15 is 0 Å². The minimum absolute atomic E-state index is 0.0657. The molecule has 1 fully saturated rings. The fourth-order valence-electron chi connectivity index (χ4n) is 4.03. The number of amides is 3. The molecule has 158 valence electrons. The molecule has 1 saturated heterocycles. The van der Waals surface area contributed by atoms with E-state index in [1.54, 1.807) is 24.3 Å². The van der Waals surface area contributed by atoms with Gasteiger partial charge in [-0.3, -0.25) is 24.2 Å². The van der Waals surface area contributed by atoms with Crippen molar-refractivity contribution in [3.8, 4) is 0 Å². The molecule has 7 heteroatoms. The fraction of sp³-hybridized carbons (Fsp3) is 0.591. The van der Waals surface area contributed by atoms with Crippen molar-refractivity contribution in [3.63, 3.8) is 0 Å². The van der Waals surface area contributed by atoms with Gasteiger partial charge in [0.2, 0.25) is 5.91 Å². The van der Waals surface area contributed by atoms with Gasteiger partial charge in [0, 0.05) is 38.1 Å². The Morgan fingerprint density at radius 3 is 2.21 bits per heavy atom. The number of ether oxygens (including phenoxy) is 1. The first-order chi connectivity index (χ1) is 13.7. The van der Waals surface area contributed by atoms with Gasteiger partial charge >= 0.3 is 0 Å². The number of carbonyl (C=O) groups excluding carboxylic acids is 3. The normalized spacial score (nSPS) is 22.7.